The Bertz CT molecular complexity index is 2440. The van der Waals surface area contributed by atoms with Crippen molar-refractivity contribution in [1.82, 2.24) is 0 Å². The third kappa shape index (κ3) is 83.8. The predicted molar refractivity (Wildman–Crippen MR) is 442 cm³/mol. The molecule has 0 saturated heterocycles. The van der Waals surface area contributed by atoms with Crippen molar-refractivity contribution < 1.29 is 42.1 Å². The van der Waals surface area contributed by atoms with Crippen molar-refractivity contribution in [2.45, 2.75) is 328 Å². The van der Waals surface area contributed by atoms with Crippen LogP contribution in [0.5, 0.6) is 0 Å². The van der Waals surface area contributed by atoms with Gasteiger partial charge in [0.1, 0.15) is 19.8 Å². The molecule has 578 valence electrons. The Morgan fingerprint density at radius 3 is 0.804 bits per heavy atom. The van der Waals surface area contributed by atoms with Gasteiger partial charge in [0, 0.05) is 12.8 Å². The number of ether oxygens (including phenoxy) is 2. The van der Waals surface area contributed by atoms with Crippen molar-refractivity contribution in [1.29, 1.82) is 0 Å². The molecular weight excluding hydrogens is 1280 g/mol. The van der Waals surface area contributed by atoms with E-state index in [9.17, 15) is 19.0 Å². The second-order valence-corrected chi connectivity index (χ2v) is 29.4. The molecule has 0 rings (SSSR count). The van der Waals surface area contributed by atoms with Gasteiger partial charge in [-0.25, -0.2) is 0 Å². The zero-order chi connectivity index (χ0) is 74.0. The van der Waals surface area contributed by atoms with Crippen LogP contribution in [0.3, 0.4) is 0 Å². The maximum atomic E-state index is 12.9. The number of phosphoric acid groups is 1. The summed E-state index contributed by atoms with van der Waals surface area (Å²) in [7, 11) is 1.12. The van der Waals surface area contributed by atoms with Crippen LogP contribution in [-0.2, 0) is 32.7 Å². The highest BCUT2D eigenvalue weighted by molar-refractivity contribution is 7.45. The van der Waals surface area contributed by atoms with Gasteiger partial charge in [-0.1, -0.05) is 362 Å². The monoisotopic (exact) mass is 1430 g/mol. The minimum atomic E-state index is -4.67. The zero-order valence-corrected chi connectivity index (χ0v) is 66.9. The minimum absolute atomic E-state index is 0.0474. The Balaban J connectivity index is 4.07. The SMILES string of the molecule is CC/C=C\C/C=C\C/C=C\C/C=C\C/C=C\C/C=C\C/C=C\C/C=C\C/C=C\C/C=C\C/C=C\C/C=C\CCCCC(=O)OC(COC(=O)CCCCCCCCCCCCCCCCCCCCCCCCCCCC/C=C\C/C=C\C/C=C\C/C=C\CC)COP(=O)([O-])OCC[N+](C)(C)C. The summed E-state index contributed by atoms with van der Waals surface area (Å²) in [6.45, 7) is 3.97. The summed E-state index contributed by atoms with van der Waals surface area (Å²) in [5, 5.41) is 0. The first-order chi connectivity index (χ1) is 50.0. The minimum Gasteiger partial charge on any atom is -0.756 e. The van der Waals surface area contributed by atoms with Crippen molar-refractivity contribution in [2.75, 3.05) is 47.5 Å². The lowest BCUT2D eigenvalue weighted by Crippen LogP contribution is -2.37. The van der Waals surface area contributed by atoms with E-state index in [2.05, 4.69) is 208 Å². The Kier molecular flexibility index (Phi) is 75.9. The molecule has 0 aromatic heterocycles. The van der Waals surface area contributed by atoms with Gasteiger partial charge in [0.2, 0.25) is 0 Å². The highest BCUT2D eigenvalue weighted by Crippen LogP contribution is 2.38. The highest BCUT2D eigenvalue weighted by Gasteiger charge is 2.22. The summed E-state index contributed by atoms with van der Waals surface area (Å²) in [6, 6.07) is 0. The number of carbonyl (C=O) groups excluding carboxylic acids is 2. The average Bonchev–Trinajstić information content (AvgIpc) is 0.914. The van der Waals surface area contributed by atoms with E-state index < -0.39 is 32.5 Å². The Morgan fingerprint density at radius 1 is 0.304 bits per heavy atom. The highest BCUT2D eigenvalue weighted by atomic mass is 31.2. The largest absolute Gasteiger partial charge is 0.756 e. The number of rotatable bonds is 74. The predicted octanol–water partition coefficient (Wildman–Crippen LogP) is 27.3. The van der Waals surface area contributed by atoms with Gasteiger partial charge >= 0.3 is 11.9 Å². The van der Waals surface area contributed by atoms with Crippen LogP contribution in [0.2, 0.25) is 0 Å². The van der Waals surface area contributed by atoms with Crippen LogP contribution in [0.15, 0.2) is 194 Å². The number of hydrogen-bond donors (Lipinski definition) is 0. The van der Waals surface area contributed by atoms with Gasteiger partial charge < -0.3 is 27.9 Å². The summed E-state index contributed by atoms with van der Waals surface area (Å²) >= 11 is 0. The molecule has 0 aliphatic heterocycles. The molecule has 0 saturated carbocycles. The van der Waals surface area contributed by atoms with Gasteiger partial charge in [-0.15, -0.1) is 0 Å². The molecule has 0 aliphatic rings. The van der Waals surface area contributed by atoms with Crippen LogP contribution in [0.25, 0.3) is 0 Å². The molecule has 0 aromatic rings. The summed E-state index contributed by atoms with van der Waals surface area (Å²) in [4.78, 5) is 38.2. The van der Waals surface area contributed by atoms with Gasteiger partial charge in [0.05, 0.1) is 27.7 Å². The summed E-state index contributed by atoms with van der Waals surface area (Å²) in [6.07, 6.45) is 124. The number of allylic oxidation sites excluding steroid dienone is 32. The smallest absolute Gasteiger partial charge is 0.306 e. The lowest BCUT2D eigenvalue weighted by Gasteiger charge is -2.28. The Morgan fingerprint density at radius 2 is 0.529 bits per heavy atom. The number of phosphoric ester groups is 1. The Labute approximate surface area is 628 Å². The zero-order valence-electron chi connectivity index (χ0n) is 66.0. The molecule has 0 spiro atoms. The van der Waals surface area contributed by atoms with Crippen LogP contribution in [-0.4, -0.2) is 70.0 Å². The topological polar surface area (TPSA) is 111 Å². The van der Waals surface area contributed by atoms with E-state index in [-0.39, 0.29) is 26.1 Å². The molecule has 0 fully saturated rings. The second kappa shape index (κ2) is 80.0. The van der Waals surface area contributed by atoms with Gasteiger partial charge in [-0.3, -0.25) is 14.2 Å². The van der Waals surface area contributed by atoms with E-state index in [1.54, 1.807) is 0 Å². The number of esters is 2. The first kappa shape index (κ1) is 96.8. The maximum absolute atomic E-state index is 12.9. The van der Waals surface area contributed by atoms with Crippen LogP contribution >= 0.6 is 7.82 Å². The first-order valence-electron chi connectivity index (χ1n) is 41.1. The number of quaternary nitrogens is 1. The van der Waals surface area contributed by atoms with Gasteiger partial charge in [-0.2, -0.15) is 0 Å². The van der Waals surface area contributed by atoms with Crippen LogP contribution < -0.4 is 4.89 Å². The molecule has 10 heteroatoms. The molecule has 2 unspecified atom stereocenters. The number of unbranched alkanes of at least 4 members (excludes halogenated alkanes) is 28. The molecule has 9 nitrogen and oxygen atoms in total. The van der Waals surface area contributed by atoms with Crippen molar-refractivity contribution in [2.24, 2.45) is 0 Å². The second-order valence-electron chi connectivity index (χ2n) is 28.0. The number of nitrogens with zero attached hydrogens (tertiary/aromatic N) is 1. The molecule has 102 heavy (non-hydrogen) atoms. The van der Waals surface area contributed by atoms with Crippen LogP contribution in [0, 0.1) is 0 Å². The summed E-state index contributed by atoms with van der Waals surface area (Å²) < 4.78 is 34.3. The summed E-state index contributed by atoms with van der Waals surface area (Å²) in [5.74, 6) is -0.886. The normalized spacial score (nSPS) is 14.1. The van der Waals surface area contributed by atoms with Crippen LogP contribution in [0.4, 0.5) is 0 Å². The van der Waals surface area contributed by atoms with Gasteiger partial charge in [0.25, 0.3) is 7.82 Å². The van der Waals surface area contributed by atoms with Crippen molar-refractivity contribution in [3.8, 4) is 0 Å². The molecule has 0 bridgehead atoms. The van der Waals surface area contributed by atoms with Crippen molar-refractivity contribution in [3.63, 3.8) is 0 Å². The van der Waals surface area contributed by atoms with E-state index in [0.717, 1.165) is 135 Å². The number of hydrogen-bond acceptors (Lipinski definition) is 8. The van der Waals surface area contributed by atoms with Gasteiger partial charge in [0.15, 0.2) is 6.10 Å². The van der Waals surface area contributed by atoms with Gasteiger partial charge in [-0.05, 0) is 141 Å². The lowest BCUT2D eigenvalue weighted by molar-refractivity contribution is -0.870. The summed E-state index contributed by atoms with van der Waals surface area (Å²) in [5.41, 5.74) is 0. The third-order valence-corrected chi connectivity index (χ3v) is 18.1. The van der Waals surface area contributed by atoms with Crippen molar-refractivity contribution in [3.05, 3.63) is 194 Å². The Hall–Kier alpha value is -5.15. The molecule has 0 amide bonds. The van der Waals surface area contributed by atoms with E-state index >= 15 is 0 Å². The van der Waals surface area contributed by atoms with Crippen molar-refractivity contribution >= 4 is 19.8 Å². The molecule has 0 N–H and O–H groups in total. The average molecular weight is 1430 g/mol. The van der Waals surface area contributed by atoms with E-state index in [1.165, 1.54) is 154 Å². The molecule has 0 aliphatic carbocycles. The fraction of sp³-hybridized carbons (Fsp3) is 0.630. The first-order valence-corrected chi connectivity index (χ1v) is 42.6. The molecule has 2 atom stereocenters. The maximum Gasteiger partial charge on any atom is 0.306 e. The number of carbonyl (C=O) groups is 2. The van der Waals surface area contributed by atoms with E-state index in [4.69, 9.17) is 18.5 Å². The quantitative estimate of drug-likeness (QED) is 0.0195. The molecule has 0 radical (unpaired) electrons. The van der Waals surface area contributed by atoms with Crippen LogP contribution in [0.1, 0.15) is 322 Å². The fourth-order valence-corrected chi connectivity index (χ4v) is 11.7. The fourth-order valence-electron chi connectivity index (χ4n) is 10.9. The van der Waals surface area contributed by atoms with E-state index in [0.29, 0.717) is 17.4 Å². The molecular formula is C92H152NO8P. The third-order valence-electron chi connectivity index (χ3n) is 17.1. The van der Waals surface area contributed by atoms with E-state index in [1.807, 2.05) is 21.1 Å². The standard InChI is InChI=1S/C92H152NO8P/c1-6-8-10-12-14-16-18-20-22-24-26-28-30-32-34-36-38-40-42-44-46-48-50-52-54-56-58-60-62-64-66-68-70-72-74-76-78-80-82-84-91(94)98-88-90(89-100-102(96,97)99-87-86-93(3,4)5)101-92(95)85-83-81-79-77-75-73-71-69-67-65-63-61-59-57-55-53-51-49-47-45-43-41-39-37-35-33-31-29-27-25-23-21-19-17-15-13-11-9-7-2/h8-11,14-17,20-23,26-29,33,35,39,41,45,47,51,53,57,59,63,65,69,71,75,77,90H,6-7,12-13,18-19,24-25,30-32,34,36-38,40,42-44,46,48-50,52,54-56,58,60-62,64,66-68,70,72-74,76,78-89H2,1-5H3/b10-8-,11-9-,16-14-,17-15-,22-20-,23-21-,28-26-,29-27-,35-33-,41-39-,47-45-,53-51-,59-57-,65-63-,71-69-,77-75-. The molecule has 0 aromatic carbocycles. The lowest BCUT2D eigenvalue weighted by atomic mass is 10.0. The molecule has 0 heterocycles. The number of likely N-dealkylation sites (N-methyl/N-ethyl adjacent to an activating group) is 1.